The summed E-state index contributed by atoms with van der Waals surface area (Å²) in [6.07, 6.45) is 1.92. The van der Waals surface area contributed by atoms with Gasteiger partial charge in [-0.05, 0) is 55.7 Å². The highest BCUT2D eigenvalue weighted by Gasteiger charge is 2.25. The SMILES string of the molecule is CC(=O)Nc1ccc(S(=O)(=O)Nc2c(C)cccc2C(=O)N2CCCC2)cc1. The van der Waals surface area contributed by atoms with Crippen LogP contribution in [0.15, 0.2) is 47.4 Å². The van der Waals surface area contributed by atoms with Crippen LogP contribution >= 0.6 is 0 Å². The van der Waals surface area contributed by atoms with E-state index in [1.807, 2.05) is 0 Å². The molecule has 2 N–H and O–H groups in total. The molecule has 0 aromatic heterocycles. The molecule has 1 aliphatic rings. The first-order valence-electron chi connectivity index (χ1n) is 9.07. The smallest absolute Gasteiger partial charge is 0.261 e. The fourth-order valence-electron chi connectivity index (χ4n) is 3.19. The third kappa shape index (κ3) is 4.33. The number of amides is 2. The summed E-state index contributed by atoms with van der Waals surface area (Å²) in [6, 6.07) is 11.0. The number of sulfonamides is 1. The molecule has 2 amide bonds. The van der Waals surface area contributed by atoms with Crippen LogP contribution < -0.4 is 10.0 Å². The number of nitrogens with zero attached hydrogens (tertiary/aromatic N) is 1. The van der Waals surface area contributed by atoms with Crippen molar-refractivity contribution in [3.05, 3.63) is 53.6 Å². The van der Waals surface area contributed by atoms with E-state index < -0.39 is 10.0 Å². The number of likely N-dealkylation sites (tertiary alicyclic amines) is 1. The first-order valence-corrected chi connectivity index (χ1v) is 10.6. The molecule has 1 saturated heterocycles. The maximum Gasteiger partial charge on any atom is 0.261 e. The maximum absolute atomic E-state index is 12.9. The van der Waals surface area contributed by atoms with Crippen LogP contribution in [-0.2, 0) is 14.8 Å². The van der Waals surface area contributed by atoms with Crippen LogP contribution in [0, 0.1) is 6.92 Å². The third-order valence-corrected chi connectivity index (χ3v) is 5.98. The molecule has 7 nitrogen and oxygen atoms in total. The van der Waals surface area contributed by atoms with Crippen LogP contribution in [0.5, 0.6) is 0 Å². The van der Waals surface area contributed by atoms with Crippen LogP contribution in [-0.4, -0.2) is 38.2 Å². The average Bonchev–Trinajstić information content (AvgIpc) is 3.17. The Hall–Kier alpha value is -2.87. The van der Waals surface area contributed by atoms with Crippen LogP contribution in [0.4, 0.5) is 11.4 Å². The second kappa shape index (κ2) is 8.02. The van der Waals surface area contributed by atoms with Crippen molar-refractivity contribution in [1.82, 2.24) is 4.90 Å². The predicted octanol–water partition coefficient (Wildman–Crippen LogP) is 2.99. The van der Waals surface area contributed by atoms with E-state index in [1.165, 1.54) is 31.2 Å². The molecule has 8 heteroatoms. The molecule has 1 fully saturated rings. The zero-order valence-electron chi connectivity index (χ0n) is 15.9. The van der Waals surface area contributed by atoms with Crippen LogP contribution in [0.1, 0.15) is 35.7 Å². The number of para-hydroxylation sites is 1. The molecule has 1 aliphatic heterocycles. The van der Waals surface area contributed by atoms with Gasteiger partial charge in [0.1, 0.15) is 0 Å². The number of hydrogen-bond acceptors (Lipinski definition) is 4. The highest BCUT2D eigenvalue weighted by molar-refractivity contribution is 7.92. The largest absolute Gasteiger partial charge is 0.339 e. The van der Waals surface area contributed by atoms with Gasteiger partial charge in [-0.3, -0.25) is 14.3 Å². The van der Waals surface area contributed by atoms with Gasteiger partial charge in [-0.15, -0.1) is 0 Å². The summed E-state index contributed by atoms with van der Waals surface area (Å²) in [7, 11) is -3.89. The molecular weight excluding hydrogens is 378 g/mol. The van der Waals surface area contributed by atoms with E-state index in [2.05, 4.69) is 10.0 Å². The van der Waals surface area contributed by atoms with Crippen molar-refractivity contribution >= 4 is 33.2 Å². The Morgan fingerprint density at radius 3 is 2.25 bits per heavy atom. The Bertz CT molecular complexity index is 995. The summed E-state index contributed by atoms with van der Waals surface area (Å²) in [4.78, 5) is 25.7. The second-order valence-corrected chi connectivity index (χ2v) is 8.49. The minimum Gasteiger partial charge on any atom is -0.339 e. The van der Waals surface area contributed by atoms with Crippen LogP contribution in [0.3, 0.4) is 0 Å². The molecule has 148 valence electrons. The minimum atomic E-state index is -3.89. The summed E-state index contributed by atoms with van der Waals surface area (Å²) in [6.45, 7) is 4.51. The van der Waals surface area contributed by atoms with Crippen molar-refractivity contribution in [3.8, 4) is 0 Å². The van der Waals surface area contributed by atoms with Gasteiger partial charge in [0.15, 0.2) is 0 Å². The van der Waals surface area contributed by atoms with E-state index in [0.29, 0.717) is 35.6 Å². The number of rotatable bonds is 5. The molecule has 0 atom stereocenters. The highest BCUT2D eigenvalue weighted by Crippen LogP contribution is 2.27. The average molecular weight is 401 g/mol. The van der Waals surface area contributed by atoms with E-state index in [0.717, 1.165) is 12.8 Å². The molecular formula is C20H23N3O4S. The highest BCUT2D eigenvalue weighted by atomic mass is 32.2. The van der Waals surface area contributed by atoms with E-state index in [4.69, 9.17) is 0 Å². The lowest BCUT2D eigenvalue weighted by Gasteiger charge is -2.20. The number of hydrogen-bond donors (Lipinski definition) is 2. The van der Waals surface area contributed by atoms with Gasteiger partial charge in [-0.1, -0.05) is 12.1 Å². The van der Waals surface area contributed by atoms with Gasteiger partial charge in [-0.2, -0.15) is 0 Å². The van der Waals surface area contributed by atoms with E-state index in [1.54, 1.807) is 30.0 Å². The zero-order valence-corrected chi connectivity index (χ0v) is 16.7. The second-order valence-electron chi connectivity index (χ2n) is 6.81. The van der Waals surface area contributed by atoms with Gasteiger partial charge in [0.25, 0.3) is 15.9 Å². The minimum absolute atomic E-state index is 0.0458. The molecule has 3 rings (SSSR count). The lowest BCUT2D eigenvalue weighted by atomic mass is 10.1. The van der Waals surface area contributed by atoms with Gasteiger partial charge in [0, 0.05) is 25.7 Å². The van der Waals surface area contributed by atoms with Crippen molar-refractivity contribution in [2.45, 2.75) is 31.6 Å². The molecule has 0 unspecified atom stereocenters. The Kier molecular flexibility index (Phi) is 5.69. The quantitative estimate of drug-likeness (QED) is 0.805. The van der Waals surface area contributed by atoms with Gasteiger partial charge < -0.3 is 10.2 Å². The number of anilines is 2. The van der Waals surface area contributed by atoms with Crippen LogP contribution in [0.25, 0.3) is 0 Å². The first kappa shape index (κ1) is 19.9. The molecule has 0 spiro atoms. The van der Waals surface area contributed by atoms with Crippen LogP contribution in [0.2, 0.25) is 0 Å². The number of benzene rings is 2. The molecule has 0 saturated carbocycles. The van der Waals surface area contributed by atoms with E-state index in [9.17, 15) is 18.0 Å². The number of carbonyl (C=O) groups excluding carboxylic acids is 2. The van der Waals surface area contributed by atoms with Gasteiger partial charge >= 0.3 is 0 Å². The number of aryl methyl sites for hydroxylation is 1. The van der Waals surface area contributed by atoms with Crippen molar-refractivity contribution in [2.75, 3.05) is 23.1 Å². The fourth-order valence-corrected chi connectivity index (χ4v) is 4.34. The summed E-state index contributed by atoms with van der Waals surface area (Å²) < 4.78 is 28.3. The van der Waals surface area contributed by atoms with Gasteiger partial charge in [-0.25, -0.2) is 8.42 Å². The topological polar surface area (TPSA) is 95.6 Å². The molecule has 0 bridgehead atoms. The van der Waals surface area contributed by atoms with Crippen molar-refractivity contribution in [3.63, 3.8) is 0 Å². The van der Waals surface area contributed by atoms with E-state index >= 15 is 0 Å². The van der Waals surface area contributed by atoms with E-state index in [-0.39, 0.29) is 16.7 Å². The normalized spacial score (nSPS) is 14.0. The third-order valence-electron chi connectivity index (χ3n) is 4.62. The molecule has 2 aromatic rings. The molecule has 2 aromatic carbocycles. The maximum atomic E-state index is 12.9. The monoisotopic (exact) mass is 401 g/mol. The zero-order chi connectivity index (χ0) is 20.3. The summed E-state index contributed by atoms with van der Waals surface area (Å²) in [5.74, 6) is -0.404. The number of carbonyl (C=O) groups is 2. The Labute approximate surface area is 164 Å². The lowest BCUT2D eigenvalue weighted by Crippen LogP contribution is -2.29. The van der Waals surface area contributed by atoms with Gasteiger partial charge in [0.2, 0.25) is 5.91 Å². The summed E-state index contributed by atoms with van der Waals surface area (Å²) >= 11 is 0. The lowest BCUT2D eigenvalue weighted by molar-refractivity contribution is -0.114. The van der Waals surface area contributed by atoms with Crippen molar-refractivity contribution in [2.24, 2.45) is 0 Å². The van der Waals surface area contributed by atoms with Crippen molar-refractivity contribution < 1.29 is 18.0 Å². The summed E-state index contributed by atoms with van der Waals surface area (Å²) in [5.41, 5.74) is 1.82. The Morgan fingerprint density at radius 1 is 1.00 bits per heavy atom. The number of nitrogens with one attached hydrogen (secondary N) is 2. The molecule has 0 radical (unpaired) electrons. The summed E-state index contributed by atoms with van der Waals surface area (Å²) in [5, 5.41) is 2.59. The molecule has 1 heterocycles. The molecule has 28 heavy (non-hydrogen) atoms. The van der Waals surface area contributed by atoms with Crippen molar-refractivity contribution in [1.29, 1.82) is 0 Å². The standard InChI is InChI=1S/C20H23N3O4S/c1-14-6-5-7-18(20(25)23-12-3-4-13-23)19(14)22-28(26,27)17-10-8-16(9-11-17)21-15(2)24/h5-11,22H,3-4,12-13H2,1-2H3,(H,21,24). The Balaban J connectivity index is 1.89. The van der Waals surface area contributed by atoms with Gasteiger partial charge in [0.05, 0.1) is 16.1 Å². The predicted molar refractivity (Wildman–Crippen MR) is 108 cm³/mol. The first-order chi connectivity index (χ1) is 13.3. The Morgan fingerprint density at radius 2 is 1.64 bits per heavy atom. The fraction of sp³-hybridized carbons (Fsp3) is 0.300. The molecule has 0 aliphatic carbocycles.